The van der Waals surface area contributed by atoms with Crippen LogP contribution in [0, 0.1) is 6.92 Å². The number of nitrogens with one attached hydrogen (secondary N) is 1. The fourth-order valence-electron chi connectivity index (χ4n) is 1.80. The first kappa shape index (κ1) is 14.7. The van der Waals surface area contributed by atoms with Crippen LogP contribution in [-0.4, -0.2) is 36.0 Å². The first-order chi connectivity index (χ1) is 9.56. The summed E-state index contributed by atoms with van der Waals surface area (Å²) in [5.41, 5.74) is 1.72. The predicted octanol–water partition coefficient (Wildman–Crippen LogP) is 3.24. The summed E-state index contributed by atoms with van der Waals surface area (Å²) in [4.78, 5) is 16.6. The number of H-pyrrole nitrogens is 1. The van der Waals surface area contributed by atoms with Crippen LogP contribution in [0.5, 0.6) is 5.75 Å². The maximum absolute atomic E-state index is 12.1. The van der Waals surface area contributed by atoms with E-state index in [4.69, 9.17) is 4.74 Å². The van der Waals surface area contributed by atoms with Gasteiger partial charge in [-0.1, -0.05) is 12.1 Å². The summed E-state index contributed by atoms with van der Waals surface area (Å²) in [5, 5.41) is 0. The van der Waals surface area contributed by atoms with Crippen molar-refractivity contribution < 1.29 is 9.53 Å². The van der Waals surface area contributed by atoms with Gasteiger partial charge >= 0.3 is 0 Å². The molecule has 0 fully saturated rings. The Labute approximate surface area is 126 Å². The Hall–Kier alpha value is -1.75. The van der Waals surface area contributed by atoms with Crippen LogP contribution in [0.4, 0.5) is 0 Å². The lowest BCUT2D eigenvalue weighted by Gasteiger charge is -2.16. The molecule has 0 spiro atoms. The summed E-state index contributed by atoms with van der Waals surface area (Å²) in [7, 11) is 1.76. The summed E-state index contributed by atoms with van der Waals surface area (Å²) < 4.78 is 6.50. The lowest BCUT2D eigenvalue weighted by Crippen LogP contribution is -2.31. The number of hydrogen-bond acceptors (Lipinski definition) is 2. The molecule has 0 aliphatic heterocycles. The maximum Gasteiger partial charge on any atom is 0.270 e. The minimum atomic E-state index is -0.0523. The molecule has 0 aliphatic rings. The Kier molecular flexibility index (Phi) is 4.84. The van der Waals surface area contributed by atoms with Crippen LogP contribution in [0.2, 0.25) is 0 Å². The molecule has 0 saturated carbocycles. The van der Waals surface area contributed by atoms with Gasteiger partial charge in [-0.3, -0.25) is 4.79 Å². The zero-order valence-electron chi connectivity index (χ0n) is 11.5. The minimum Gasteiger partial charge on any atom is -0.492 e. The van der Waals surface area contributed by atoms with E-state index in [9.17, 15) is 4.79 Å². The van der Waals surface area contributed by atoms with Crippen molar-refractivity contribution in [1.82, 2.24) is 9.88 Å². The van der Waals surface area contributed by atoms with E-state index in [0.717, 1.165) is 15.8 Å². The second kappa shape index (κ2) is 6.61. The lowest BCUT2D eigenvalue weighted by atomic mass is 10.2. The molecule has 1 aromatic heterocycles. The standard InChI is InChI=1S/C15H17BrN2O2/c1-11-4-3-5-13(8-11)20-7-6-18(2)15(19)14-9-12(16)10-17-14/h3-5,8-10,17H,6-7H2,1-2H3. The van der Waals surface area contributed by atoms with E-state index in [1.165, 1.54) is 0 Å². The number of halogens is 1. The molecule has 106 valence electrons. The van der Waals surface area contributed by atoms with Crippen LogP contribution < -0.4 is 4.74 Å². The summed E-state index contributed by atoms with van der Waals surface area (Å²) >= 11 is 3.31. The molecule has 0 saturated heterocycles. The first-order valence-electron chi connectivity index (χ1n) is 6.35. The van der Waals surface area contributed by atoms with Crippen LogP contribution in [-0.2, 0) is 0 Å². The highest BCUT2D eigenvalue weighted by molar-refractivity contribution is 9.10. The fourth-order valence-corrected chi connectivity index (χ4v) is 2.15. The Morgan fingerprint density at radius 3 is 2.85 bits per heavy atom. The largest absolute Gasteiger partial charge is 0.492 e. The molecule has 2 rings (SSSR count). The van der Waals surface area contributed by atoms with E-state index in [-0.39, 0.29) is 5.91 Å². The van der Waals surface area contributed by atoms with Gasteiger partial charge in [0.15, 0.2) is 0 Å². The number of nitrogens with zero attached hydrogens (tertiary/aromatic N) is 1. The van der Waals surface area contributed by atoms with Gasteiger partial charge in [-0.2, -0.15) is 0 Å². The number of ether oxygens (including phenoxy) is 1. The molecular weight excluding hydrogens is 320 g/mol. The number of benzene rings is 1. The van der Waals surface area contributed by atoms with Crippen molar-refractivity contribution in [3.05, 3.63) is 52.3 Å². The molecule has 0 unspecified atom stereocenters. The van der Waals surface area contributed by atoms with Crippen molar-refractivity contribution in [3.63, 3.8) is 0 Å². The Morgan fingerprint density at radius 2 is 2.20 bits per heavy atom. The average Bonchev–Trinajstić information content (AvgIpc) is 2.84. The predicted molar refractivity (Wildman–Crippen MR) is 82.1 cm³/mol. The molecule has 0 bridgehead atoms. The number of aryl methyl sites for hydroxylation is 1. The SMILES string of the molecule is Cc1cccc(OCCN(C)C(=O)c2cc(Br)c[nH]2)c1. The van der Waals surface area contributed by atoms with E-state index in [0.29, 0.717) is 18.8 Å². The van der Waals surface area contributed by atoms with Crippen molar-refractivity contribution in [1.29, 1.82) is 0 Å². The van der Waals surface area contributed by atoms with Gasteiger partial charge in [0.05, 0.1) is 6.54 Å². The second-order valence-corrected chi connectivity index (χ2v) is 5.54. The quantitative estimate of drug-likeness (QED) is 0.910. The first-order valence-corrected chi connectivity index (χ1v) is 7.14. The summed E-state index contributed by atoms with van der Waals surface area (Å²) in [6.07, 6.45) is 1.74. The molecule has 0 aliphatic carbocycles. The van der Waals surface area contributed by atoms with Crippen molar-refractivity contribution >= 4 is 21.8 Å². The smallest absolute Gasteiger partial charge is 0.270 e. The minimum absolute atomic E-state index is 0.0523. The number of amides is 1. The Morgan fingerprint density at radius 1 is 1.40 bits per heavy atom. The number of likely N-dealkylation sites (N-methyl/N-ethyl adjacent to an activating group) is 1. The Bertz CT molecular complexity index is 595. The van der Waals surface area contributed by atoms with E-state index < -0.39 is 0 Å². The molecule has 1 amide bonds. The van der Waals surface area contributed by atoms with Crippen molar-refractivity contribution in [2.24, 2.45) is 0 Å². The van der Waals surface area contributed by atoms with Crippen molar-refractivity contribution in [3.8, 4) is 5.75 Å². The maximum atomic E-state index is 12.1. The highest BCUT2D eigenvalue weighted by Gasteiger charge is 2.13. The van der Waals surface area contributed by atoms with Crippen LogP contribution >= 0.6 is 15.9 Å². The Balaban J connectivity index is 1.83. The zero-order valence-corrected chi connectivity index (χ0v) is 13.1. The number of carbonyl (C=O) groups is 1. The molecule has 5 heteroatoms. The van der Waals surface area contributed by atoms with Crippen LogP contribution in [0.15, 0.2) is 41.0 Å². The van der Waals surface area contributed by atoms with Gasteiger partial charge < -0.3 is 14.6 Å². The van der Waals surface area contributed by atoms with Gasteiger partial charge in [0, 0.05) is 17.7 Å². The highest BCUT2D eigenvalue weighted by Crippen LogP contribution is 2.13. The van der Waals surface area contributed by atoms with Crippen LogP contribution in [0.25, 0.3) is 0 Å². The normalized spacial score (nSPS) is 10.3. The van der Waals surface area contributed by atoms with Crippen molar-refractivity contribution in [2.75, 3.05) is 20.2 Å². The topological polar surface area (TPSA) is 45.3 Å². The molecular formula is C15H17BrN2O2. The monoisotopic (exact) mass is 336 g/mol. The lowest BCUT2D eigenvalue weighted by molar-refractivity contribution is 0.0768. The fraction of sp³-hybridized carbons (Fsp3) is 0.267. The number of aromatic nitrogens is 1. The van der Waals surface area contributed by atoms with E-state index >= 15 is 0 Å². The third-order valence-corrected chi connectivity index (χ3v) is 3.37. The molecule has 20 heavy (non-hydrogen) atoms. The van der Waals surface area contributed by atoms with Gasteiger partial charge in [0.1, 0.15) is 18.1 Å². The molecule has 1 heterocycles. The number of aromatic amines is 1. The molecule has 4 nitrogen and oxygen atoms in total. The summed E-state index contributed by atoms with van der Waals surface area (Å²) in [5.74, 6) is 0.775. The summed E-state index contributed by atoms with van der Waals surface area (Å²) in [6, 6.07) is 9.63. The van der Waals surface area contributed by atoms with Crippen LogP contribution in [0.1, 0.15) is 16.1 Å². The second-order valence-electron chi connectivity index (χ2n) is 4.62. The molecule has 1 N–H and O–H groups in total. The number of carbonyl (C=O) groups excluding carboxylic acids is 1. The molecule has 0 atom stereocenters. The molecule has 1 aromatic carbocycles. The number of hydrogen-bond donors (Lipinski definition) is 1. The van der Waals surface area contributed by atoms with Gasteiger partial charge in [-0.15, -0.1) is 0 Å². The van der Waals surface area contributed by atoms with Gasteiger partial charge in [-0.25, -0.2) is 0 Å². The zero-order chi connectivity index (χ0) is 14.5. The van der Waals surface area contributed by atoms with Gasteiger partial charge in [0.2, 0.25) is 0 Å². The highest BCUT2D eigenvalue weighted by atomic mass is 79.9. The van der Waals surface area contributed by atoms with E-state index in [1.807, 2.05) is 31.2 Å². The van der Waals surface area contributed by atoms with Crippen molar-refractivity contribution in [2.45, 2.75) is 6.92 Å². The molecule has 2 aromatic rings. The average molecular weight is 337 g/mol. The van der Waals surface area contributed by atoms with E-state index in [1.54, 1.807) is 24.2 Å². The van der Waals surface area contributed by atoms with Gasteiger partial charge in [-0.05, 0) is 46.6 Å². The third kappa shape index (κ3) is 3.87. The third-order valence-electron chi connectivity index (χ3n) is 2.91. The summed E-state index contributed by atoms with van der Waals surface area (Å²) in [6.45, 7) is 3.02. The van der Waals surface area contributed by atoms with Gasteiger partial charge in [0.25, 0.3) is 5.91 Å². The molecule has 0 radical (unpaired) electrons. The number of rotatable bonds is 5. The van der Waals surface area contributed by atoms with E-state index in [2.05, 4.69) is 20.9 Å². The van der Waals surface area contributed by atoms with Crippen LogP contribution in [0.3, 0.4) is 0 Å².